The second-order valence-corrected chi connectivity index (χ2v) is 7.85. The lowest BCUT2D eigenvalue weighted by atomic mass is 10.1. The van der Waals surface area contributed by atoms with E-state index in [2.05, 4.69) is 0 Å². The van der Waals surface area contributed by atoms with Crippen LogP contribution < -0.4 is 9.04 Å². The summed E-state index contributed by atoms with van der Waals surface area (Å²) in [6.45, 7) is 1.86. The number of carbonyl (C=O) groups is 1. The van der Waals surface area contributed by atoms with Crippen LogP contribution in [0.1, 0.15) is 18.1 Å². The smallest absolute Gasteiger partial charge is 0.328 e. The lowest BCUT2D eigenvalue weighted by molar-refractivity contribution is -0.131. The standard InChI is InChI=1S/C19H19NO5S/c1-13-11-15-5-3-4-6-16(15)20(13)26(23,24)18-12-14(8-10-19(21)22)7-9-17(18)25-2/h3-10,12-13H,11H2,1-2H3,(H,21,22)/b10-8-/t13-/m1/s1. The first-order valence-electron chi connectivity index (χ1n) is 8.06. The number of nitrogens with zero attached hydrogens (tertiary/aromatic N) is 1. The van der Waals surface area contributed by atoms with Gasteiger partial charge in [-0.25, -0.2) is 13.2 Å². The molecular formula is C19H19NO5S. The van der Waals surface area contributed by atoms with Crippen molar-refractivity contribution in [2.45, 2.75) is 24.3 Å². The van der Waals surface area contributed by atoms with Gasteiger partial charge in [-0.3, -0.25) is 4.31 Å². The van der Waals surface area contributed by atoms with Crippen LogP contribution in [0.5, 0.6) is 5.75 Å². The average molecular weight is 373 g/mol. The zero-order valence-electron chi connectivity index (χ0n) is 14.4. The molecule has 0 aliphatic carbocycles. The van der Waals surface area contributed by atoms with Gasteiger partial charge in [0.15, 0.2) is 0 Å². The normalized spacial score (nSPS) is 16.7. The van der Waals surface area contributed by atoms with Crippen molar-refractivity contribution in [2.24, 2.45) is 0 Å². The molecule has 0 unspecified atom stereocenters. The number of carboxylic acid groups (broad SMARTS) is 1. The summed E-state index contributed by atoms with van der Waals surface area (Å²) >= 11 is 0. The maximum atomic E-state index is 13.4. The SMILES string of the molecule is COc1ccc(/C=C\C(=O)O)cc1S(=O)(=O)N1c2ccccc2C[C@H]1C. The van der Waals surface area contributed by atoms with Crippen LogP contribution >= 0.6 is 0 Å². The Labute approximate surface area is 152 Å². The van der Waals surface area contributed by atoms with E-state index >= 15 is 0 Å². The van der Waals surface area contributed by atoms with Crippen LogP contribution in [0.25, 0.3) is 6.08 Å². The first kappa shape index (κ1) is 18.0. The summed E-state index contributed by atoms with van der Waals surface area (Å²) in [7, 11) is -2.47. The van der Waals surface area contributed by atoms with Crippen LogP contribution in [-0.2, 0) is 21.2 Å². The maximum absolute atomic E-state index is 13.4. The molecule has 1 heterocycles. The number of benzene rings is 2. The van der Waals surface area contributed by atoms with E-state index in [1.54, 1.807) is 12.1 Å². The summed E-state index contributed by atoms with van der Waals surface area (Å²) < 4.78 is 33.4. The molecule has 7 heteroatoms. The topological polar surface area (TPSA) is 83.9 Å². The van der Waals surface area contributed by atoms with Crippen molar-refractivity contribution in [3.8, 4) is 5.75 Å². The Kier molecular flexibility index (Phi) is 4.73. The van der Waals surface area contributed by atoms with Gasteiger partial charge < -0.3 is 9.84 Å². The van der Waals surface area contributed by atoms with Gasteiger partial charge in [-0.15, -0.1) is 0 Å². The fourth-order valence-corrected chi connectivity index (χ4v) is 5.06. The number of hydrogen-bond acceptors (Lipinski definition) is 4. The summed E-state index contributed by atoms with van der Waals surface area (Å²) in [6.07, 6.45) is 2.95. The Bertz CT molecular complexity index is 981. The highest BCUT2D eigenvalue weighted by Crippen LogP contribution is 2.39. The first-order chi connectivity index (χ1) is 12.3. The third-order valence-electron chi connectivity index (χ3n) is 4.29. The van der Waals surface area contributed by atoms with Gasteiger partial charge in [0, 0.05) is 12.1 Å². The number of para-hydroxylation sites is 1. The lowest BCUT2D eigenvalue weighted by Crippen LogP contribution is -2.36. The van der Waals surface area contributed by atoms with Gasteiger partial charge in [0.2, 0.25) is 0 Å². The van der Waals surface area contributed by atoms with Crippen molar-refractivity contribution < 1.29 is 23.1 Å². The van der Waals surface area contributed by atoms with Crippen LogP contribution in [0.4, 0.5) is 5.69 Å². The van der Waals surface area contributed by atoms with Crippen LogP contribution in [0, 0.1) is 0 Å². The zero-order chi connectivity index (χ0) is 18.9. The highest BCUT2D eigenvalue weighted by Gasteiger charge is 2.37. The van der Waals surface area contributed by atoms with E-state index in [0.29, 0.717) is 17.7 Å². The maximum Gasteiger partial charge on any atom is 0.328 e. The molecule has 1 aliphatic rings. The molecule has 0 fully saturated rings. The number of anilines is 1. The van der Waals surface area contributed by atoms with E-state index in [0.717, 1.165) is 11.6 Å². The molecule has 0 bridgehead atoms. The summed E-state index contributed by atoms with van der Waals surface area (Å²) in [5.41, 5.74) is 2.10. The van der Waals surface area contributed by atoms with Gasteiger partial charge in [-0.2, -0.15) is 0 Å². The van der Waals surface area contributed by atoms with Crippen LogP contribution in [0.15, 0.2) is 53.4 Å². The molecule has 2 aromatic rings. The van der Waals surface area contributed by atoms with Crippen LogP contribution in [0.3, 0.4) is 0 Å². The van der Waals surface area contributed by atoms with Crippen LogP contribution in [-0.4, -0.2) is 32.6 Å². The number of rotatable bonds is 5. The monoisotopic (exact) mass is 373 g/mol. The van der Waals surface area contributed by atoms with Crippen molar-refractivity contribution >= 4 is 27.8 Å². The number of aliphatic carboxylic acids is 1. The average Bonchev–Trinajstić information content (AvgIpc) is 2.96. The zero-order valence-corrected chi connectivity index (χ0v) is 15.2. The highest BCUT2D eigenvalue weighted by atomic mass is 32.2. The largest absolute Gasteiger partial charge is 0.495 e. The van der Waals surface area contributed by atoms with Gasteiger partial charge in [0.1, 0.15) is 10.6 Å². The van der Waals surface area contributed by atoms with E-state index in [1.165, 1.54) is 29.6 Å². The summed E-state index contributed by atoms with van der Waals surface area (Å²) in [6, 6.07) is 11.8. The third-order valence-corrected chi connectivity index (χ3v) is 6.24. The molecule has 26 heavy (non-hydrogen) atoms. The van der Waals surface area contributed by atoms with Crippen molar-refractivity contribution in [1.82, 2.24) is 0 Å². The Hall–Kier alpha value is -2.80. The minimum Gasteiger partial charge on any atom is -0.495 e. The highest BCUT2D eigenvalue weighted by molar-refractivity contribution is 7.93. The predicted molar refractivity (Wildman–Crippen MR) is 98.9 cm³/mol. The van der Waals surface area contributed by atoms with Gasteiger partial charge >= 0.3 is 5.97 Å². The second kappa shape index (κ2) is 6.84. The van der Waals surface area contributed by atoms with Gasteiger partial charge in [0.25, 0.3) is 10.0 Å². The molecule has 0 saturated heterocycles. The molecule has 0 radical (unpaired) electrons. The van der Waals surface area contributed by atoms with E-state index < -0.39 is 16.0 Å². The van der Waals surface area contributed by atoms with E-state index in [-0.39, 0.29) is 16.7 Å². The van der Waals surface area contributed by atoms with E-state index in [9.17, 15) is 13.2 Å². The fraction of sp³-hybridized carbons (Fsp3) is 0.211. The number of hydrogen-bond donors (Lipinski definition) is 1. The molecule has 1 aliphatic heterocycles. The van der Waals surface area contributed by atoms with E-state index in [4.69, 9.17) is 9.84 Å². The molecule has 0 spiro atoms. The van der Waals surface area contributed by atoms with Crippen molar-refractivity contribution in [3.05, 3.63) is 59.7 Å². The molecule has 1 N–H and O–H groups in total. The molecule has 1 atom stereocenters. The summed E-state index contributed by atoms with van der Waals surface area (Å²) in [5.74, 6) is -0.888. The Morgan fingerprint density at radius 1 is 1.27 bits per heavy atom. The lowest BCUT2D eigenvalue weighted by Gasteiger charge is -2.25. The predicted octanol–water partition coefficient (Wildman–Crippen LogP) is 2.93. The molecule has 0 saturated carbocycles. The molecular weight excluding hydrogens is 354 g/mol. The third kappa shape index (κ3) is 3.17. The Morgan fingerprint density at radius 2 is 2.00 bits per heavy atom. The minimum absolute atomic E-state index is 0.0103. The molecule has 0 aromatic heterocycles. The minimum atomic E-state index is -3.88. The van der Waals surface area contributed by atoms with Gasteiger partial charge in [0.05, 0.1) is 12.8 Å². The second-order valence-electron chi connectivity index (χ2n) is 6.06. The quantitative estimate of drug-likeness (QED) is 0.815. The molecule has 2 aromatic carbocycles. The number of methoxy groups -OCH3 is 1. The van der Waals surface area contributed by atoms with Crippen molar-refractivity contribution in [2.75, 3.05) is 11.4 Å². The van der Waals surface area contributed by atoms with Crippen LogP contribution in [0.2, 0.25) is 0 Å². The summed E-state index contributed by atoms with van der Waals surface area (Å²) in [4.78, 5) is 10.7. The van der Waals surface area contributed by atoms with Crippen molar-refractivity contribution in [1.29, 1.82) is 0 Å². The fourth-order valence-electron chi connectivity index (χ4n) is 3.18. The van der Waals surface area contributed by atoms with Crippen molar-refractivity contribution in [3.63, 3.8) is 0 Å². The summed E-state index contributed by atoms with van der Waals surface area (Å²) in [5, 5.41) is 8.78. The number of sulfonamides is 1. The first-order valence-corrected chi connectivity index (χ1v) is 9.50. The van der Waals surface area contributed by atoms with Gasteiger partial charge in [-0.1, -0.05) is 24.3 Å². The van der Waals surface area contributed by atoms with Gasteiger partial charge in [-0.05, 0) is 48.7 Å². The molecule has 0 amide bonds. The number of fused-ring (bicyclic) bond motifs is 1. The number of ether oxygens (including phenoxy) is 1. The number of carboxylic acids is 1. The molecule has 136 valence electrons. The Balaban J connectivity index is 2.12. The van der Waals surface area contributed by atoms with E-state index in [1.807, 2.05) is 25.1 Å². The molecule has 3 rings (SSSR count). The Morgan fingerprint density at radius 3 is 2.69 bits per heavy atom. The molecule has 6 nitrogen and oxygen atoms in total.